The summed E-state index contributed by atoms with van der Waals surface area (Å²) in [6, 6.07) is 3.36. The molecule has 3 rings (SSSR count). The highest BCUT2D eigenvalue weighted by molar-refractivity contribution is 5.90. The molecule has 5 heteroatoms. The second-order valence-electron chi connectivity index (χ2n) is 6.81. The van der Waals surface area contributed by atoms with Crippen LogP contribution in [0.4, 0.5) is 4.39 Å². The predicted molar refractivity (Wildman–Crippen MR) is 98.6 cm³/mol. The van der Waals surface area contributed by atoms with E-state index >= 15 is 0 Å². The van der Waals surface area contributed by atoms with Crippen molar-refractivity contribution in [2.75, 3.05) is 19.8 Å². The molecule has 0 spiro atoms. The number of rotatable bonds is 8. The van der Waals surface area contributed by atoms with E-state index in [9.17, 15) is 4.39 Å². The van der Waals surface area contributed by atoms with Crippen LogP contribution in [-0.4, -0.2) is 30.4 Å². The number of benzene rings is 1. The van der Waals surface area contributed by atoms with Gasteiger partial charge in [0.2, 0.25) is 0 Å². The summed E-state index contributed by atoms with van der Waals surface area (Å²) < 4.78 is 28.3. The van der Waals surface area contributed by atoms with E-state index in [1.54, 1.807) is 0 Å². The van der Waals surface area contributed by atoms with Gasteiger partial charge in [0.25, 0.3) is 0 Å². The van der Waals surface area contributed by atoms with Gasteiger partial charge in [0.05, 0.1) is 18.2 Å². The fourth-order valence-electron chi connectivity index (χ4n) is 3.55. The van der Waals surface area contributed by atoms with Crippen molar-refractivity contribution in [3.05, 3.63) is 29.7 Å². The third kappa shape index (κ3) is 4.15. The third-order valence-corrected chi connectivity index (χ3v) is 4.86. The molecule has 1 fully saturated rings. The van der Waals surface area contributed by atoms with Crippen LogP contribution >= 0.6 is 0 Å². The Morgan fingerprint density at radius 1 is 1.36 bits per heavy atom. The van der Waals surface area contributed by atoms with E-state index in [1.807, 2.05) is 6.07 Å². The highest BCUT2D eigenvalue weighted by atomic mass is 19.1. The second-order valence-corrected chi connectivity index (χ2v) is 6.81. The zero-order valence-electron chi connectivity index (χ0n) is 15.1. The average Bonchev–Trinajstić information content (AvgIpc) is 2.96. The maximum absolute atomic E-state index is 14.4. The van der Waals surface area contributed by atoms with Gasteiger partial charge in [0.1, 0.15) is 0 Å². The second kappa shape index (κ2) is 8.68. The number of unbranched alkanes of at least 4 members (excludes halogenated alkanes) is 1. The summed E-state index contributed by atoms with van der Waals surface area (Å²) in [6.07, 6.45) is 8.40. The molecule has 4 nitrogen and oxygen atoms in total. The normalized spacial score (nSPS) is 18.0. The van der Waals surface area contributed by atoms with E-state index in [1.165, 1.54) is 12.5 Å². The Morgan fingerprint density at radius 2 is 2.24 bits per heavy atom. The molecule has 0 aliphatic carbocycles. The molecule has 138 valence electrons. The zero-order chi connectivity index (χ0) is 17.6. The monoisotopic (exact) mass is 348 g/mol. The summed E-state index contributed by atoms with van der Waals surface area (Å²) in [5, 5.41) is 0.873. The van der Waals surface area contributed by atoms with Crippen molar-refractivity contribution in [1.82, 2.24) is 4.57 Å². The number of nitrogens with two attached hydrogens (primary N) is 1. The Morgan fingerprint density at radius 3 is 2.96 bits per heavy atom. The number of hydrogen-bond acceptors (Lipinski definition) is 3. The van der Waals surface area contributed by atoms with Crippen LogP contribution < -0.4 is 10.5 Å². The minimum absolute atomic E-state index is 0.226. The van der Waals surface area contributed by atoms with E-state index in [2.05, 4.69) is 17.7 Å². The lowest BCUT2D eigenvalue weighted by Crippen LogP contribution is -2.24. The van der Waals surface area contributed by atoms with Gasteiger partial charge in [-0.05, 0) is 56.3 Å². The molecule has 0 saturated carbocycles. The van der Waals surface area contributed by atoms with Crippen LogP contribution in [0.1, 0.15) is 44.6 Å². The van der Waals surface area contributed by atoms with Crippen molar-refractivity contribution in [3.8, 4) is 5.75 Å². The van der Waals surface area contributed by atoms with Crippen LogP contribution in [0.2, 0.25) is 0 Å². The topological polar surface area (TPSA) is 49.4 Å². The molecular formula is C20H29FN2O2. The van der Waals surface area contributed by atoms with Gasteiger partial charge in [-0.2, -0.15) is 0 Å². The van der Waals surface area contributed by atoms with E-state index in [0.717, 1.165) is 55.3 Å². The molecule has 1 atom stereocenters. The molecular weight excluding hydrogens is 319 g/mol. The average molecular weight is 348 g/mol. The molecule has 2 aromatic rings. The summed E-state index contributed by atoms with van der Waals surface area (Å²) in [4.78, 5) is 0. The van der Waals surface area contributed by atoms with Gasteiger partial charge >= 0.3 is 0 Å². The molecule has 2 N–H and O–H groups in total. The molecule has 1 aliphatic heterocycles. The minimum atomic E-state index is -0.298. The molecule has 0 amide bonds. The quantitative estimate of drug-likeness (QED) is 0.733. The molecule has 1 saturated heterocycles. The van der Waals surface area contributed by atoms with Crippen molar-refractivity contribution in [2.24, 2.45) is 5.73 Å². The molecule has 1 aromatic heterocycles. The fourth-order valence-corrected chi connectivity index (χ4v) is 3.55. The van der Waals surface area contributed by atoms with Crippen molar-refractivity contribution in [1.29, 1.82) is 0 Å². The lowest BCUT2D eigenvalue weighted by molar-refractivity contribution is 0.00668. The molecule has 25 heavy (non-hydrogen) atoms. The summed E-state index contributed by atoms with van der Waals surface area (Å²) >= 11 is 0. The molecule has 1 aliphatic rings. The lowest BCUT2D eigenvalue weighted by Gasteiger charge is -2.23. The highest BCUT2D eigenvalue weighted by Crippen LogP contribution is 2.34. The fraction of sp³-hybridized carbons (Fsp3) is 0.600. The number of nitrogens with zero attached hydrogens (tertiary/aromatic N) is 1. The van der Waals surface area contributed by atoms with Crippen LogP contribution in [-0.2, 0) is 17.7 Å². The molecule has 1 unspecified atom stereocenters. The zero-order valence-corrected chi connectivity index (χ0v) is 15.1. The first-order valence-corrected chi connectivity index (χ1v) is 9.49. The number of aromatic nitrogens is 1. The third-order valence-electron chi connectivity index (χ3n) is 4.86. The van der Waals surface area contributed by atoms with Gasteiger partial charge in [-0.1, -0.05) is 13.3 Å². The van der Waals surface area contributed by atoms with E-state index in [-0.39, 0.29) is 11.9 Å². The number of halogens is 1. The van der Waals surface area contributed by atoms with Crippen molar-refractivity contribution in [3.63, 3.8) is 0 Å². The first-order valence-electron chi connectivity index (χ1n) is 9.49. The lowest BCUT2D eigenvalue weighted by atomic mass is 10.1. The summed E-state index contributed by atoms with van der Waals surface area (Å²) in [5.41, 5.74) is 7.85. The number of hydrogen-bond donors (Lipinski definition) is 1. The van der Waals surface area contributed by atoms with Crippen LogP contribution in [0.3, 0.4) is 0 Å². The first-order chi connectivity index (χ1) is 12.2. The van der Waals surface area contributed by atoms with Crippen molar-refractivity contribution >= 4 is 10.9 Å². The summed E-state index contributed by atoms with van der Waals surface area (Å²) in [5.74, 6) is 0.0752. The van der Waals surface area contributed by atoms with E-state index in [0.29, 0.717) is 25.3 Å². The highest BCUT2D eigenvalue weighted by Gasteiger charge is 2.20. The van der Waals surface area contributed by atoms with Crippen LogP contribution in [0, 0.1) is 5.82 Å². The van der Waals surface area contributed by atoms with Gasteiger partial charge in [-0.3, -0.25) is 0 Å². The molecule has 1 aromatic carbocycles. The van der Waals surface area contributed by atoms with Crippen molar-refractivity contribution in [2.45, 2.75) is 58.1 Å². The van der Waals surface area contributed by atoms with Gasteiger partial charge in [0.15, 0.2) is 11.6 Å². The minimum Gasteiger partial charge on any atom is -0.490 e. The van der Waals surface area contributed by atoms with Gasteiger partial charge in [0, 0.05) is 24.7 Å². The Hall–Kier alpha value is -1.59. The Balaban J connectivity index is 1.96. The molecule has 2 heterocycles. The van der Waals surface area contributed by atoms with E-state index in [4.69, 9.17) is 15.2 Å². The standard InChI is InChI=1S/C20H29FN2O2/c1-2-3-11-25-20-17(21)7-8-18-19(20)15(9-10-22)13-23(18)14-16-6-4-5-12-24-16/h7-8,13,16H,2-6,9-12,14,22H2,1H3. The SMILES string of the molecule is CCCCOc1c(F)ccc2c1c(CCN)cn2CC1CCCCO1. The predicted octanol–water partition coefficient (Wildman–Crippen LogP) is 4.03. The number of fused-ring (bicyclic) bond motifs is 1. The maximum atomic E-state index is 14.4. The van der Waals surface area contributed by atoms with Gasteiger partial charge < -0.3 is 19.8 Å². The molecule has 0 radical (unpaired) electrons. The number of ether oxygens (including phenoxy) is 2. The Kier molecular flexibility index (Phi) is 6.32. The van der Waals surface area contributed by atoms with Crippen LogP contribution in [0.15, 0.2) is 18.3 Å². The molecule has 0 bridgehead atoms. The van der Waals surface area contributed by atoms with Crippen LogP contribution in [0.25, 0.3) is 10.9 Å². The smallest absolute Gasteiger partial charge is 0.165 e. The first kappa shape index (κ1) is 18.2. The van der Waals surface area contributed by atoms with Crippen molar-refractivity contribution < 1.29 is 13.9 Å². The Bertz CT molecular complexity index is 693. The van der Waals surface area contributed by atoms with Crippen LogP contribution in [0.5, 0.6) is 5.75 Å². The summed E-state index contributed by atoms with van der Waals surface area (Å²) in [6.45, 7) is 4.79. The van der Waals surface area contributed by atoms with E-state index < -0.39 is 0 Å². The maximum Gasteiger partial charge on any atom is 0.165 e. The summed E-state index contributed by atoms with van der Waals surface area (Å²) in [7, 11) is 0. The Labute approximate surface area is 149 Å². The van der Waals surface area contributed by atoms with Gasteiger partial charge in [-0.25, -0.2) is 4.39 Å². The largest absolute Gasteiger partial charge is 0.490 e. The van der Waals surface area contributed by atoms with Gasteiger partial charge in [-0.15, -0.1) is 0 Å².